The van der Waals surface area contributed by atoms with Crippen molar-refractivity contribution in [3.63, 3.8) is 0 Å². The minimum atomic E-state index is -1.01. The van der Waals surface area contributed by atoms with Gasteiger partial charge in [0.05, 0.1) is 35.1 Å². The Morgan fingerprint density at radius 3 is 2.66 bits per heavy atom. The molecule has 1 N–H and O–H groups in total. The zero-order valence-electron chi connectivity index (χ0n) is 17.9. The Kier molecular flexibility index (Phi) is 5.27. The molecule has 0 spiro atoms. The number of nitrogens with zero attached hydrogens (tertiary/aromatic N) is 2. The maximum absolute atomic E-state index is 13.6. The number of carbonyl (C=O) groups is 1. The van der Waals surface area contributed by atoms with Crippen LogP contribution >= 0.6 is 0 Å². The first kappa shape index (κ1) is 20.5. The van der Waals surface area contributed by atoms with Crippen molar-refractivity contribution in [3.05, 3.63) is 83.0 Å². The quantitative estimate of drug-likeness (QED) is 0.481. The van der Waals surface area contributed by atoms with E-state index in [1.165, 1.54) is 0 Å². The average molecular weight is 446 g/mol. The van der Waals surface area contributed by atoms with Gasteiger partial charge in [-0.05, 0) is 42.8 Å². The number of anilines is 1. The summed E-state index contributed by atoms with van der Waals surface area (Å²) in [4.78, 5) is 13.6. The number of ether oxygens (including phenoxy) is 1. The lowest BCUT2D eigenvalue weighted by molar-refractivity contribution is 0.102. The molecule has 1 aliphatic heterocycles. The summed E-state index contributed by atoms with van der Waals surface area (Å²) >= 11 is 0. The number of hydrogen-bond acceptors (Lipinski definition) is 4. The molecule has 0 saturated heterocycles. The molecule has 162 valence electrons. The van der Waals surface area contributed by atoms with Crippen LogP contribution < -0.4 is 10.1 Å². The van der Waals surface area contributed by atoms with E-state index in [4.69, 9.17) is 4.74 Å². The summed E-state index contributed by atoms with van der Waals surface area (Å²) in [5.74, 6) is 1.60. The molecule has 1 amide bonds. The molecule has 7 heteroatoms. The second kappa shape index (κ2) is 8.24. The lowest BCUT2D eigenvalue weighted by Gasteiger charge is -2.15. The fourth-order valence-electron chi connectivity index (χ4n) is 4.06. The Labute approximate surface area is 188 Å². The summed E-state index contributed by atoms with van der Waals surface area (Å²) in [7, 11) is -1.01. The van der Waals surface area contributed by atoms with Crippen LogP contribution in [0.15, 0.2) is 60.7 Å². The van der Waals surface area contributed by atoms with E-state index in [0.717, 1.165) is 33.3 Å². The van der Waals surface area contributed by atoms with E-state index in [1.807, 2.05) is 74.5 Å². The predicted octanol–water partition coefficient (Wildman–Crippen LogP) is 4.75. The molecular weight excluding hydrogens is 422 g/mol. The number of amides is 1. The smallest absolute Gasteiger partial charge is 0.261 e. The number of fused-ring (bicyclic) bond motifs is 2. The van der Waals surface area contributed by atoms with Crippen LogP contribution in [-0.2, 0) is 22.3 Å². The lowest BCUT2D eigenvalue weighted by atomic mass is 10.0. The summed E-state index contributed by atoms with van der Waals surface area (Å²) < 4.78 is 19.7. The van der Waals surface area contributed by atoms with E-state index in [-0.39, 0.29) is 5.91 Å². The number of hydrogen-bond donors (Lipinski definition) is 1. The first-order valence-corrected chi connectivity index (χ1v) is 12.0. The summed E-state index contributed by atoms with van der Waals surface area (Å²) in [5, 5.41) is 9.54. The maximum Gasteiger partial charge on any atom is 0.261 e. The summed E-state index contributed by atoms with van der Waals surface area (Å²) in [5.41, 5.74) is 4.05. The first-order chi connectivity index (χ1) is 15.5. The second-order valence-electron chi connectivity index (χ2n) is 7.80. The highest BCUT2D eigenvalue weighted by Gasteiger charge is 2.29. The van der Waals surface area contributed by atoms with Crippen molar-refractivity contribution < 1.29 is 13.7 Å². The minimum Gasteiger partial charge on any atom is -0.493 e. The van der Waals surface area contributed by atoms with Gasteiger partial charge in [-0.15, -0.1) is 0 Å². The topological polar surface area (TPSA) is 73.2 Å². The molecule has 6 nitrogen and oxygen atoms in total. The van der Waals surface area contributed by atoms with Crippen molar-refractivity contribution in [2.75, 3.05) is 11.9 Å². The third-order valence-electron chi connectivity index (χ3n) is 5.60. The predicted molar refractivity (Wildman–Crippen MR) is 127 cm³/mol. The van der Waals surface area contributed by atoms with Crippen molar-refractivity contribution >= 4 is 33.3 Å². The fraction of sp³-hybridized carbons (Fsp3) is 0.200. The van der Waals surface area contributed by atoms with Crippen LogP contribution in [0.1, 0.15) is 34.1 Å². The van der Waals surface area contributed by atoms with Crippen LogP contribution in [-0.4, -0.2) is 26.5 Å². The summed E-state index contributed by atoms with van der Waals surface area (Å²) in [6.07, 6.45) is 0. The molecule has 32 heavy (non-hydrogen) atoms. The zero-order chi connectivity index (χ0) is 22.2. The summed E-state index contributed by atoms with van der Waals surface area (Å²) in [6, 6.07) is 19.5. The Bertz CT molecular complexity index is 1360. The van der Waals surface area contributed by atoms with Gasteiger partial charge >= 0.3 is 0 Å². The molecule has 0 fully saturated rings. The zero-order valence-corrected chi connectivity index (χ0v) is 18.7. The highest BCUT2D eigenvalue weighted by atomic mass is 32.2. The van der Waals surface area contributed by atoms with E-state index < -0.39 is 10.8 Å². The number of aromatic nitrogens is 2. The van der Waals surface area contributed by atoms with Gasteiger partial charge in [0, 0.05) is 16.4 Å². The molecular formula is C25H23N3O3S. The molecule has 0 bridgehead atoms. The third kappa shape index (κ3) is 3.58. The molecule has 5 rings (SSSR count). The summed E-state index contributed by atoms with van der Waals surface area (Å²) in [6.45, 7) is 4.37. The maximum atomic E-state index is 13.6. The molecule has 0 aliphatic carbocycles. The molecule has 0 radical (unpaired) electrons. The van der Waals surface area contributed by atoms with Crippen molar-refractivity contribution in [3.8, 4) is 11.4 Å². The molecule has 4 aromatic rings. The SMILES string of the molecule is CCOc1ccc2ccccc2c1C(=O)Nc1c2c(nn1-c1ccc(C)cc1)C[S@@](=O)C2. The molecule has 1 atom stereocenters. The highest BCUT2D eigenvalue weighted by Crippen LogP contribution is 2.34. The van der Waals surface area contributed by atoms with E-state index >= 15 is 0 Å². The Balaban J connectivity index is 1.62. The van der Waals surface area contributed by atoms with E-state index in [9.17, 15) is 9.00 Å². The average Bonchev–Trinajstić information content (AvgIpc) is 3.31. The van der Waals surface area contributed by atoms with Crippen molar-refractivity contribution in [1.29, 1.82) is 0 Å². The van der Waals surface area contributed by atoms with E-state index in [2.05, 4.69) is 10.4 Å². The van der Waals surface area contributed by atoms with Gasteiger partial charge in [0.25, 0.3) is 5.91 Å². The van der Waals surface area contributed by atoms with E-state index in [0.29, 0.717) is 35.2 Å². The third-order valence-corrected chi connectivity index (χ3v) is 6.80. The number of benzene rings is 3. The number of aryl methyl sites for hydroxylation is 1. The number of rotatable bonds is 5. The van der Waals surface area contributed by atoms with E-state index in [1.54, 1.807) is 4.68 Å². The fourth-order valence-corrected chi connectivity index (χ4v) is 5.32. The lowest BCUT2D eigenvalue weighted by Crippen LogP contribution is -2.18. The van der Waals surface area contributed by atoms with Crippen LogP contribution in [0, 0.1) is 6.92 Å². The Morgan fingerprint density at radius 1 is 1.09 bits per heavy atom. The van der Waals surface area contributed by atoms with Crippen molar-refractivity contribution in [2.24, 2.45) is 0 Å². The molecule has 1 aromatic heterocycles. The highest BCUT2D eigenvalue weighted by molar-refractivity contribution is 7.83. The number of nitrogens with one attached hydrogen (secondary N) is 1. The van der Waals surface area contributed by atoms with Gasteiger partial charge in [-0.25, -0.2) is 4.68 Å². The minimum absolute atomic E-state index is 0.279. The molecule has 3 aromatic carbocycles. The van der Waals surface area contributed by atoms with Gasteiger partial charge < -0.3 is 10.1 Å². The van der Waals surface area contributed by atoms with Crippen LogP contribution in [0.5, 0.6) is 5.75 Å². The normalized spacial score (nSPS) is 15.0. The van der Waals surface area contributed by atoms with Gasteiger partial charge in [0.2, 0.25) is 0 Å². The van der Waals surface area contributed by atoms with Crippen molar-refractivity contribution in [1.82, 2.24) is 9.78 Å². The van der Waals surface area contributed by atoms with Crippen LogP contribution in [0.25, 0.3) is 16.5 Å². The largest absolute Gasteiger partial charge is 0.493 e. The van der Waals surface area contributed by atoms with Gasteiger partial charge in [-0.1, -0.05) is 48.0 Å². The molecule has 2 heterocycles. The monoisotopic (exact) mass is 445 g/mol. The van der Waals surface area contributed by atoms with Gasteiger partial charge in [0.15, 0.2) is 0 Å². The molecule has 0 unspecified atom stereocenters. The van der Waals surface area contributed by atoms with Gasteiger partial charge in [-0.3, -0.25) is 9.00 Å². The second-order valence-corrected chi connectivity index (χ2v) is 9.25. The molecule has 1 aliphatic rings. The van der Waals surface area contributed by atoms with Crippen LogP contribution in [0.2, 0.25) is 0 Å². The standard InChI is InChI=1S/C25H23N3O3S/c1-3-31-22-13-10-17-6-4-5-7-19(17)23(22)25(29)26-24-20-14-32(30)15-21(20)27-28(24)18-11-8-16(2)9-12-18/h4-13H,3,14-15H2,1-2H3,(H,26,29)/t32-/m0/s1. The Morgan fingerprint density at radius 2 is 1.88 bits per heavy atom. The number of carbonyl (C=O) groups excluding carboxylic acids is 1. The van der Waals surface area contributed by atoms with Crippen LogP contribution in [0.4, 0.5) is 5.82 Å². The van der Waals surface area contributed by atoms with Gasteiger partial charge in [-0.2, -0.15) is 5.10 Å². The first-order valence-electron chi connectivity index (χ1n) is 10.5. The van der Waals surface area contributed by atoms with Gasteiger partial charge in [0.1, 0.15) is 11.6 Å². The Hall–Kier alpha value is -3.45. The van der Waals surface area contributed by atoms with Crippen molar-refractivity contribution in [2.45, 2.75) is 25.4 Å². The molecule has 0 saturated carbocycles. The van der Waals surface area contributed by atoms with Crippen LogP contribution in [0.3, 0.4) is 0 Å².